The lowest BCUT2D eigenvalue weighted by Crippen LogP contribution is -2.48. The molecule has 28 heavy (non-hydrogen) atoms. The van der Waals surface area contributed by atoms with Gasteiger partial charge in [0.1, 0.15) is 0 Å². The second-order valence-corrected chi connectivity index (χ2v) is 8.60. The molecule has 1 aromatic rings. The molecule has 1 aromatic carbocycles. The van der Waals surface area contributed by atoms with Crippen molar-refractivity contribution in [3.8, 4) is 0 Å². The van der Waals surface area contributed by atoms with E-state index in [0.29, 0.717) is 18.4 Å². The van der Waals surface area contributed by atoms with Gasteiger partial charge in [0.15, 0.2) is 0 Å². The Balaban J connectivity index is 1.42. The number of nitrogens with zero attached hydrogens (tertiary/aromatic N) is 2. The van der Waals surface area contributed by atoms with Gasteiger partial charge in [-0.15, -0.1) is 0 Å². The van der Waals surface area contributed by atoms with Crippen molar-refractivity contribution in [1.29, 1.82) is 0 Å². The fraction of sp³-hybridized carbons (Fsp3) is 0.636. The van der Waals surface area contributed by atoms with Gasteiger partial charge in [0, 0.05) is 50.6 Å². The minimum atomic E-state index is -0.0554. The number of ether oxygens (including phenoxy) is 1. The lowest BCUT2D eigenvalue weighted by molar-refractivity contribution is -0.138. The minimum Gasteiger partial charge on any atom is -0.379 e. The maximum atomic E-state index is 13.1. The van der Waals surface area contributed by atoms with E-state index in [0.717, 1.165) is 51.3 Å². The molecule has 3 aliphatic rings. The molecule has 1 aliphatic carbocycles. The number of amides is 2. The summed E-state index contributed by atoms with van der Waals surface area (Å²) < 4.78 is 5.90. The van der Waals surface area contributed by atoms with Gasteiger partial charge in [0.05, 0.1) is 19.3 Å². The monoisotopic (exact) mass is 385 g/mol. The molecule has 2 heterocycles. The molecular formula is C22H31N3O3. The Morgan fingerprint density at radius 2 is 1.82 bits per heavy atom. The summed E-state index contributed by atoms with van der Waals surface area (Å²) in [6.07, 6.45) is 4.49. The SMILES string of the molecule is CC(=O)Nc1ccc(CN2C[C@@H]3COC[C@H](C2)N(C(=O)C2CCCC2)C3)cc1. The third kappa shape index (κ3) is 4.55. The van der Waals surface area contributed by atoms with Crippen molar-refractivity contribution >= 4 is 17.5 Å². The third-order valence-electron chi connectivity index (χ3n) is 6.21. The van der Waals surface area contributed by atoms with Gasteiger partial charge in [-0.2, -0.15) is 0 Å². The molecule has 2 bridgehead atoms. The van der Waals surface area contributed by atoms with Crippen molar-refractivity contribution in [3.05, 3.63) is 29.8 Å². The summed E-state index contributed by atoms with van der Waals surface area (Å²) in [6, 6.07) is 8.20. The van der Waals surface area contributed by atoms with E-state index in [4.69, 9.17) is 4.74 Å². The number of hydrogen-bond donors (Lipinski definition) is 1. The van der Waals surface area contributed by atoms with E-state index in [-0.39, 0.29) is 17.9 Å². The van der Waals surface area contributed by atoms with Crippen LogP contribution in [0.25, 0.3) is 0 Å². The van der Waals surface area contributed by atoms with E-state index >= 15 is 0 Å². The molecule has 2 aliphatic heterocycles. The predicted molar refractivity (Wildman–Crippen MR) is 108 cm³/mol. The highest BCUT2D eigenvalue weighted by Crippen LogP contribution is 2.30. The highest BCUT2D eigenvalue weighted by Gasteiger charge is 2.38. The van der Waals surface area contributed by atoms with Gasteiger partial charge in [-0.05, 0) is 30.5 Å². The molecule has 1 saturated carbocycles. The van der Waals surface area contributed by atoms with Crippen LogP contribution in [0.1, 0.15) is 38.2 Å². The standard InChI is InChI=1S/C22H31N3O3/c1-16(26)23-20-8-6-17(7-9-20)10-24-11-18-12-25(21(13-24)15-28-14-18)22(27)19-4-2-3-5-19/h6-9,18-19,21H,2-5,10-15H2,1H3,(H,23,26)/t18-,21-/m0/s1. The molecule has 2 amide bonds. The van der Waals surface area contributed by atoms with Gasteiger partial charge < -0.3 is 15.0 Å². The zero-order valence-electron chi connectivity index (χ0n) is 16.7. The van der Waals surface area contributed by atoms with Gasteiger partial charge in [-0.25, -0.2) is 0 Å². The summed E-state index contributed by atoms with van der Waals surface area (Å²) in [5, 5.41) is 2.81. The van der Waals surface area contributed by atoms with Crippen LogP contribution >= 0.6 is 0 Å². The van der Waals surface area contributed by atoms with Crippen LogP contribution in [0.5, 0.6) is 0 Å². The second kappa shape index (κ2) is 8.62. The third-order valence-corrected chi connectivity index (χ3v) is 6.21. The van der Waals surface area contributed by atoms with E-state index in [2.05, 4.69) is 27.2 Å². The van der Waals surface area contributed by atoms with Crippen LogP contribution in [0.4, 0.5) is 5.69 Å². The van der Waals surface area contributed by atoms with E-state index in [1.54, 1.807) is 0 Å². The van der Waals surface area contributed by atoms with Crippen molar-refractivity contribution in [2.45, 2.75) is 45.2 Å². The van der Waals surface area contributed by atoms with Gasteiger partial charge in [0.25, 0.3) is 0 Å². The van der Waals surface area contributed by atoms with Crippen molar-refractivity contribution in [1.82, 2.24) is 9.80 Å². The average Bonchev–Trinajstić information content (AvgIpc) is 3.04. The van der Waals surface area contributed by atoms with E-state index < -0.39 is 0 Å². The highest BCUT2D eigenvalue weighted by molar-refractivity contribution is 5.88. The Bertz CT molecular complexity index is 699. The molecular weight excluding hydrogens is 354 g/mol. The largest absolute Gasteiger partial charge is 0.379 e. The molecule has 4 rings (SSSR count). The fourth-order valence-electron chi connectivity index (χ4n) is 4.90. The molecule has 2 atom stereocenters. The van der Waals surface area contributed by atoms with Gasteiger partial charge in [-0.1, -0.05) is 25.0 Å². The molecule has 3 fully saturated rings. The smallest absolute Gasteiger partial charge is 0.226 e. The first-order chi connectivity index (χ1) is 13.6. The lowest BCUT2D eigenvalue weighted by atomic mass is 10.0. The predicted octanol–water partition coefficient (Wildman–Crippen LogP) is 2.49. The Kier molecular flexibility index (Phi) is 5.97. The normalized spacial score (nSPS) is 26.1. The number of benzene rings is 1. The number of anilines is 1. The molecule has 1 N–H and O–H groups in total. The minimum absolute atomic E-state index is 0.0554. The summed E-state index contributed by atoms with van der Waals surface area (Å²) in [6.45, 7) is 6.41. The zero-order chi connectivity index (χ0) is 19.5. The molecule has 0 radical (unpaired) electrons. The summed E-state index contributed by atoms with van der Waals surface area (Å²) >= 11 is 0. The first-order valence-electron chi connectivity index (χ1n) is 10.6. The van der Waals surface area contributed by atoms with Crippen LogP contribution < -0.4 is 5.32 Å². The second-order valence-electron chi connectivity index (χ2n) is 8.60. The summed E-state index contributed by atoms with van der Waals surface area (Å²) in [5.41, 5.74) is 2.05. The first-order valence-corrected chi connectivity index (χ1v) is 10.6. The quantitative estimate of drug-likeness (QED) is 0.865. The van der Waals surface area contributed by atoms with Crippen molar-refractivity contribution < 1.29 is 14.3 Å². The van der Waals surface area contributed by atoms with E-state index in [1.165, 1.54) is 25.3 Å². The van der Waals surface area contributed by atoms with Crippen LogP contribution in [0.2, 0.25) is 0 Å². The topological polar surface area (TPSA) is 61.9 Å². The van der Waals surface area contributed by atoms with Gasteiger partial charge in [0.2, 0.25) is 11.8 Å². The van der Waals surface area contributed by atoms with Crippen LogP contribution in [-0.2, 0) is 20.9 Å². The maximum absolute atomic E-state index is 13.1. The Morgan fingerprint density at radius 1 is 1.07 bits per heavy atom. The van der Waals surface area contributed by atoms with Gasteiger partial charge >= 0.3 is 0 Å². The number of carbonyl (C=O) groups excluding carboxylic acids is 2. The average molecular weight is 386 g/mol. The number of carbonyl (C=O) groups is 2. The van der Waals surface area contributed by atoms with Crippen LogP contribution in [-0.4, -0.2) is 60.5 Å². The number of hydrogen-bond acceptors (Lipinski definition) is 4. The van der Waals surface area contributed by atoms with Gasteiger partial charge in [-0.3, -0.25) is 14.5 Å². The van der Waals surface area contributed by atoms with Crippen LogP contribution in [0, 0.1) is 11.8 Å². The van der Waals surface area contributed by atoms with Crippen LogP contribution in [0.15, 0.2) is 24.3 Å². The molecule has 0 aromatic heterocycles. The molecule has 6 heteroatoms. The first kappa shape index (κ1) is 19.4. The number of fused-ring (bicyclic) bond motifs is 3. The molecule has 2 saturated heterocycles. The lowest BCUT2D eigenvalue weighted by Gasteiger charge is -2.32. The Morgan fingerprint density at radius 3 is 2.54 bits per heavy atom. The Hall–Kier alpha value is -1.92. The summed E-state index contributed by atoms with van der Waals surface area (Å²) in [7, 11) is 0. The van der Waals surface area contributed by atoms with E-state index in [9.17, 15) is 9.59 Å². The Labute approximate surface area is 167 Å². The number of rotatable bonds is 4. The molecule has 6 nitrogen and oxygen atoms in total. The van der Waals surface area contributed by atoms with E-state index in [1.807, 2.05) is 12.1 Å². The molecule has 0 spiro atoms. The number of nitrogens with one attached hydrogen (secondary N) is 1. The van der Waals surface area contributed by atoms with Crippen LogP contribution in [0.3, 0.4) is 0 Å². The fourth-order valence-corrected chi connectivity index (χ4v) is 4.90. The van der Waals surface area contributed by atoms with Crippen molar-refractivity contribution in [2.24, 2.45) is 11.8 Å². The highest BCUT2D eigenvalue weighted by atomic mass is 16.5. The summed E-state index contributed by atoms with van der Waals surface area (Å²) in [4.78, 5) is 28.9. The maximum Gasteiger partial charge on any atom is 0.226 e. The zero-order valence-corrected chi connectivity index (χ0v) is 16.7. The van der Waals surface area contributed by atoms with Crippen molar-refractivity contribution in [3.63, 3.8) is 0 Å². The molecule has 0 unspecified atom stereocenters. The summed E-state index contributed by atoms with van der Waals surface area (Å²) in [5.74, 6) is 0.908. The van der Waals surface area contributed by atoms with Crippen molar-refractivity contribution in [2.75, 3.05) is 38.2 Å². The molecule has 152 valence electrons.